The van der Waals surface area contributed by atoms with Crippen LogP contribution in [0.2, 0.25) is 5.02 Å². The molecule has 0 unspecified atom stereocenters. The summed E-state index contributed by atoms with van der Waals surface area (Å²) in [6, 6.07) is 8.06. The molecule has 0 radical (unpaired) electrons. The van der Waals surface area contributed by atoms with Crippen molar-refractivity contribution >= 4 is 11.6 Å². The minimum Gasteiger partial charge on any atom is -0.329 e. The molecule has 0 saturated heterocycles. The molecule has 0 fully saturated rings. The quantitative estimate of drug-likeness (QED) is 0.779. The molecule has 0 aromatic heterocycles. The molecule has 0 bridgehead atoms. The van der Waals surface area contributed by atoms with Gasteiger partial charge >= 0.3 is 0 Å². The normalized spacial score (nSPS) is 12.1. The van der Waals surface area contributed by atoms with Gasteiger partial charge in [0.15, 0.2) is 0 Å². The maximum atomic E-state index is 6.26. The van der Waals surface area contributed by atoms with Crippen molar-refractivity contribution in [2.75, 3.05) is 13.6 Å². The Balaban J connectivity index is 2.87. The topological polar surface area (TPSA) is 29.3 Å². The maximum absolute atomic E-state index is 6.26. The van der Waals surface area contributed by atoms with Crippen LogP contribution in [0, 0.1) is 0 Å². The molecule has 19 heavy (non-hydrogen) atoms. The molecule has 0 saturated carbocycles. The van der Waals surface area contributed by atoms with Gasteiger partial charge in [-0.2, -0.15) is 0 Å². The molecule has 0 aliphatic heterocycles. The summed E-state index contributed by atoms with van der Waals surface area (Å²) in [5.41, 5.74) is 7.38. The lowest BCUT2D eigenvalue weighted by Gasteiger charge is -2.41. The molecule has 1 rings (SSSR count). The lowest BCUT2D eigenvalue weighted by atomic mass is 9.86. The zero-order chi connectivity index (χ0) is 14.3. The van der Waals surface area contributed by atoms with E-state index in [4.69, 9.17) is 17.3 Å². The van der Waals surface area contributed by atoms with Crippen molar-refractivity contribution in [1.29, 1.82) is 0 Å². The molecular weight excluding hydrogens is 256 g/mol. The van der Waals surface area contributed by atoms with E-state index >= 15 is 0 Å². The Morgan fingerprint density at radius 2 is 1.74 bits per heavy atom. The van der Waals surface area contributed by atoms with E-state index < -0.39 is 0 Å². The van der Waals surface area contributed by atoms with Crippen molar-refractivity contribution in [1.82, 2.24) is 4.90 Å². The molecule has 0 amide bonds. The highest BCUT2D eigenvalue weighted by molar-refractivity contribution is 6.31. The maximum Gasteiger partial charge on any atom is 0.0451 e. The lowest BCUT2D eigenvalue weighted by molar-refractivity contribution is 0.0956. The minimum atomic E-state index is 0.0999. The average Bonchev–Trinajstić information content (AvgIpc) is 2.41. The highest BCUT2D eigenvalue weighted by Gasteiger charge is 2.31. The van der Waals surface area contributed by atoms with E-state index in [2.05, 4.69) is 31.9 Å². The Labute approximate surface area is 122 Å². The number of halogens is 1. The van der Waals surface area contributed by atoms with Crippen molar-refractivity contribution < 1.29 is 0 Å². The van der Waals surface area contributed by atoms with Gasteiger partial charge in [0.1, 0.15) is 0 Å². The van der Waals surface area contributed by atoms with Gasteiger partial charge in [-0.15, -0.1) is 0 Å². The first-order chi connectivity index (χ1) is 9.09. The smallest absolute Gasteiger partial charge is 0.0451 e. The van der Waals surface area contributed by atoms with Crippen LogP contribution in [0.15, 0.2) is 24.3 Å². The second-order valence-corrected chi connectivity index (χ2v) is 5.78. The molecule has 108 valence electrons. The monoisotopic (exact) mass is 282 g/mol. The van der Waals surface area contributed by atoms with E-state index in [1.165, 1.54) is 5.56 Å². The number of benzene rings is 1. The third kappa shape index (κ3) is 4.20. The first-order valence-electron chi connectivity index (χ1n) is 7.24. The minimum absolute atomic E-state index is 0.0999. The highest BCUT2D eigenvalue weighted by Crippen LogP contribution is 2.28. The first kappa shape index (κ1) is 16.5. The van der Waals surface area contributed by atoms with Crippen LogP contribution in [0.3, 0.4) is 0 Å². The van der Waals surface area contributed by atoms with E-state index in [1.807, 2.05) is 18.2 Å². The Morgan fingerprint density at radius 3 is 2.21 bits per heavy atom. The summed E-state index contributed by atoms with van der Waals surface area (Å²) >= 11 is 6.26. The van der Waals surface area contributed by atoms with E-state index in [0.717, 1.165) is 37.3 Å². The summed E-state index contributed by atoms with van der Waals surface area (Å²) in [6.45, 7) is 6.01. The predicted molar refractivity (Wildman–Crippen MR) is 84.5 cm³/mol. The number of rotatable bonds is 8. The number of nitrogens with zero attached hydrogens (tertiary/aromatic N) is 1. The van der Waals surface area contributed by atoms with Gasteiger partial charge in [-0.25, -0.2) is 0 Å². The van der Waals surface area contributed by atoms with Gasteiger partial charge in [-0.3, -0.25) is 4.90 Å². The summed E-state index contributed by atoms with van der Waals surface area (Å²) in [7, 11) is 2.17. The van der Waals surface area contributed by atoms with Crippen LogP contribution in [-0.4, -0.2) is 24.0 Å². The van der Waals surface area contributed by atoms with Crippen LogP contribution < -0.4 is 5.73 Å². The number of hydrogen-bond acceptors (Lipinski definition) is 2. The van der Waals surface area contributed by atoms with Crippen molar-refractivity contribution in [3.8, 4) is 0 Å². The first-order valence-corrected chi connectivity index (χ1v) is 7.62. The van der Waals surface area contributed by atoms with Gasteiger partial charge in [0.2, 0.25) is 0 Å². The van der Waals surface area contributed by atoms with E-state index in [0.29, 0.717) is 6.54 Å². The summed E-state index contributed by atoms with van der Waals surface area (Å²) in [4.78, 5) is 2.39. The van der Waals surface area contributed by atoms with Gasteiger partial charge in [0.25, 0.3) is 0 Å². The molecule has 2 N–H and O–H groups in total. The van der Waals surface area contributed by atoms with Gasteiger partial charge in [0.05, 0.1) is 0 Å². The largest absolute Gasteiger partial charge is 0.329 e. The van der Waals surface area contributed by atoms with E-state index in [-0.39, 0.29) is 5.54 Å². The molecule has 2 nitrogen and oxygen atoms in total. The second kappa shape index (κ2) is 7.88. The predicted octanol–water partition coefficient (Wildman–Crippen LogP) is 4.07. The Morgan fingerprint density at radius 1 is 1.16 bits per heavy atom. The van der Waals surface area contributed by atoms with Crippen molar-refractivity contribution in [2.45, 2.75) is 51.6 Å². The van der Waals surface area contributed by atoms with Crippen LogP contribution in [0.5, 0.6) is 0 Å². The van der Waals surface area contributed by atoms with Crippen molar-refractivity contribution in [3.63, 3.8) is 0 Å². The summed E-state index contributed by atoms with van der Waals surface area (Å²) < 4.78 is 0. The Hall–Kier alpha value is -0.570. The van der Waals surface area contributed by atoms with Crippen LogP contribution in [0.4, 0.5) is 0 Å². The van der Waals surface area contributed by atoms with Gasteiger partial charge in [0, 0.05) is 23.7 Å². The van der Waals surface area contributed by atoms with Crippen LogP contribution in [0.1, 0.15) is 45.1 Å². The summed E-state index contributed by atoms with van der Waals surface area (Å²) in [5, 5.41) is 0.841. The lowest BCUT2D eigenvalue weighted by Crippen LogP contribution is -2.51. The SMILES string of the molecule is CCCC(CN)(CCC)N(C)Cc1ccccc1Cl. The zero-order valence-corrected chi connectivity index (χ0v) is 13.2. The van der Waals surface area contributed by atoms with Crippen molar-refractivity contribution in [2.24, 2.45) is 5.73 Å². The second-order valence-electron chi connectivity index (χ2n) is 5.38. The highest BCUT2D eigenvalue weighted by atomic mass is 35.5. The van der Waals surface area contributed by atoms with E-state index in [9.17, 15) is 0 Å². The fourth-order valence-corrected chi connectivity index (χ4v) is 3.04. The van der Waals surface area contributed by atoms with Crippen LogP contribution in [0.25, 0.3) is 0 Å². The average molecular weight is 283 g/mol. The van der Waals surface area contributed by atoms with Crippen LogP contribution >= 0.6 is 11.6 Å². The molecule has 1 aromatic rings. The third-order valence-electron chi connectivity index (χ3n) is 3.99. The van der Waals surface area contributed by atoms with E-state index in [1.54, 1.807) is 0 Å². The fourth-order valence-electron chi connectivity index (χ4n) is 2.85. The number of hydrogen-bond donors (Lipinski definition) is 1. The fraction of sp³-hybridized carbons (Fsp3) is 0.625. The molecule has 0 aliphatic rings. The Kier molecular flexibility index (Phi) is 6.84. The van der Waals surface area contributed by atoms with Gasteiger partial charge in [-0.05, 0) is 31.5 Å². The summed E-state index contributed by atoms with van der Waals surface area (Å²) in [5.74, 6) is 0. The molecule has 1 aromatic carbocycles. The molecule has 0 aliphatic carbocycles. The van der Waals surface area contributed by atoms with Gasteiger partial charge < -0.3 is 5.73 Å². The standard InChI is InChI=1S/C16H27ClN2/c1-4-10-16(13-18,11-5-2)19(3)12-14-8-6-7-9-15(14)17/h6-9H,4-5,10-13,18H2,1-3H3. The number of likely N-dealkylation sites (N-methyl/N-ethyl adjacent to an activating group) is 1. The molecular formula is C16H27ClN2. The van der Waals surface area contributed by atoms with Crippen molar-refractivity contribution in [3.05, 3.63) is 34.9 Å². The molecule has 0 spiro atoms. The Bertz CT molecular complexity index is 373. The van der Waals surface area contributed by atoms with Gasteiger partial charge in [-0.1, -0.05) is 56.5 Å². The molecule has 0 atom stereocenters. The summed E-state index contributed by atoms with van der Waals surface area (Å²) in [6.07, 6.45) is 4.59. The molecule has 0 heterocycles. The third-order valence-corrected chi connectivity index (χ3v) is 4.35. The van der Waals surface area contributed by atoms with Crippen LogP contribution in [-0.2, 0) is 6.54 Å². The zero-order valence-electron chi connectivity index (χ0n) is 12.5. The number of nitrogens with two attached hydrogens (primary N) is 1. The molecule has 3 heteroatoms.